The maximum atomic E-state index is 12.8. The Kier molecular flexibility index (Phi) is 52.4. The average molecular weight is 893 g/mol. The molecule has 0 N–H and O–H groups in total. The summed E-state index contributed by atoms with van der Waals surface area (Å²) in [5.41, 5.74) is 0. The molecule has 1 unspecified atom stereocenters. The predicted octanol–water partition coefficient (Wildman–Crippen LogP) is 18.7. The van der Waals surface area contributed by atoms with Crippen molar-refractivity contribution in [2.45, 2.75) is 271 Å². The van der Waals surface area contributed by atoms with E-state index in [0.717, 1.165) is 89.9 Å². The van der Waals surface area contributed by atoms with E-state index in [2.05, 4.69) is 93.7 Å². The normalized spacial score (nSPS) is 12.7. The summed E-state index contributed by atoms with van der Waals surface area (Å²) in [6, 6.07) is 0. The summed E-state index contributed by atoms with van der Waals surface area (Å²) >= 11 is 0. The average Bonchev–Trinajstić information content (AvgIpc) is 3.30. The summed E-state index contributed by atoms with van der Waals surface area (Å²) in [6.45, 7) is 7.64. The Bertz CT molecular complexity index is 1150. The summed E-state index contributed by atoms with van der Waals surface area (Å²) < 4.78 is 17.4. The first-order valence-corrected chi connectivity index (χ1v) is 27.5. The first kappa shape index (κ1) is 61.3. The fourth-order valence-corrected chi connectivity index (χ4v) is 7.66. The smallest absolute Gasteiger partial charge is 0.306 e. The highest BCUT2D eigenvalue weighted by atomic mass is 16.6. The van der Waals surface area contributed by atoms with Crippen LogP contribution in [0.25, 0.3) is 0 Å². The standard InChI is InChI=1S/C59H104O5/c1-4-7-10-13-16-19-22-25-28-30-32-34-37-40-43-46-49-52-58(60)63-56-57(55-62-54-51-48-45-42-39-36-27-24-21-18-15-12-9-6-3)64-59(61)53-50-47-44-41-38-35-33-31-29-26-23-20-17-14-11-8-5-2/h7,10,12,15-16,19,21,24-25,28,32,34,57H,4-6,8-9,11,13-14,17-18,20,22-23,26-27,29-31,33,35-56H2,1-3H3/b10-7-,15-12-,19-16-,24-21-,28-25-,34-32-. The quantitative estimate of drug-likeness (QED) is 0.0346. The number of ether oxygens (including phenoxy) is 3. The van der Waals surface area contributed by atoms with Crippen LogP contribution in [0.5, 0.6) is 0 Å². The molecule has 0 aromatic heterocycles. The van der Waals surface area contributed by atoms with Gasteiger partial charge in [-0.2, -0.15) is 0 Å². The molecule has 0 radical (unpaired) electrons. The largest absolute Gasteiger partial charge is 0.462 e. The SMILES string of the molecule is CC/C=C\C/C=C\C/C=C\C/C=C\CCCCCCC(=O)OCC(COCCCCCCCC/C=C\C/C=C\CCC)OC(=O)CCCCCCCCCCCCCCCCCCC. The van der Waals surface area contributed by atoms with Crippen LogP contribution in [0.4, 0.5) is 0 Å². The number of esters is 2. The summed E-state index contributed by atoms with van der Waals surface area (Å²) in [4.78, 5) is 25.5. The molecule has 0 spiro atoms. The fourth-order valence-electron chi connectivity index (χ4n) is 7.66. The fraction of sp³-hybridized carbons (Fsp3) is 0.763. The highest BCUT2D eigenvalue weighted by Gasteiger charge is 2.17. The maximum Gasteiger partial charge on any atom is 0.306 e. The lowest BCUT2D eigenvalue weighted by molar-refractivity contribution is -0.163. The molecular weight excluding hydrogens is 789 g/mol. The first-order valence-electron chi connectivity index (χ1n) is 27.5. The van der Waals surface area contributed by atoms with Gasteiger partial charge < -0.3 is 14.2 Å². The number of carbonyl (C=O) groups excluding carboxylic acids is 2. The van der Waals surface area contributed by atoms with E-state index in [9.17, 15) is 9.59 Å². The van der Waals surface area contributed by atoms with Crippen molar-refractivity contribution < 1.29 is 23.8 Å². The van der Waals surface area contributed by atoms with Crippen molar-refractivity contribution in [2.75, 3.05) is 19.8 Å². The number of hydrogen-bond acceptors (Lipinski definition) is 5. The van der Waals surface area contributed by atoms with Gasteiger partial charge in [-0.3, -0.25) is 9.59 Å². The Balaban J connectivity index is 4.31. The van der Waals surface area contributed by atoms with Gasteiger partial charge in [0.05, 0.1) is 6.61 Å². The van der Waals surface area contributed by atoms with Gasteiger partial charge in [0.25, 0.3) is 0 Å². The van der Waals surface area contributed by atoms with Gasteiger partial charge in [0.15, 0.2) is 6.10 Å². The van der Waals surface area contributed by atoms with Crippen molar-refractivity contribution >= 4 is 11.9 Å². The minimum atomic E-state index is -0.552. The van der Waals surface area contributed by atoms with Gasteiger partial charge >= 0.3 is 11.9 Å². The number of unbranched alkanes of at least 4 members (excludes halogenated alkanes) is 27. The van der Waals surface area contributed by atoms with Crippen molar-refractivity contribution in [2.24, 2.45) is 0 Å². The Labute approximate surface area is 397 Å². The molecule has 1 atom stereocenters. The molecule has 5 nitrogen and oxygen atoms in total. The highest BCUT2D eigenvalue weighted by Crippen LogP contribution is 2.16. The highest BCUT2D eigenvalue weighted by molar-refractivity contribution is 5.70. The lowest BCUT2D eigenvalue weighted by Gasteiger charge is -2.18. The number of allylic oxidation sites excluding steroid dienone is 12. The molecule has 0 heterocycles. The minimum Gasteiger partial charge on any atom is -0.462 e. The Hall–Kier alpha value is -2.66. The van der Waals surface area contributed by atoms with E-state index < -0.39 is 6.10 Å². The van der Waals surface area contributed by atoms with Crippen LogP contribution in [0.2, 0.25) is 0 Å². The van der Waals surface area contributed by atoms with E-state index in [1.165, 1.54) is 141 Å². The van der Waals surface area contributed by atoms with Crippen LogP contribution < -0.4 is 0 Å². The third-order valence-electron chi connectivity index (χ3n) is 11.7. The van der Waals surface area contributed by atoms with Crippen LogP contribution in [-0.4, -0.2) is 37.9 Å². The van der Waals surface area contributed by atoms with Crippen LogP contribution in [0, 0.1) is 0 Å². The number of carbonyl (C=O) groups is 2. The molecule has 370 valence electrons. The van der Waals surface area contributed by atoms with Crippen LogP contribution in [0.3, 0.4) is 0 Å². The predicted molar refractivity (Wildman–Crippen MR) is 279 cm³/mol. The van der Waals surface area contributed by atoms with Crippen LogP contribution in [-0.2, 0) is 23.8 Å². The molecule has 0 bridgehead atoms. The second-order valence-electron chi connectivity index (χ2n) is 18.1. The van der Waals surface area contributed by atoms with Crippen molar-refractivity contribution in [3.8, 4) is 0 Å². The van der Waals surface area contributed by atoms with E-state index >= 15 is 0 Å². The zero-order chi connectivity index (χ0) is 46.3. The molecule has 0 rings (SSSR count). The van der Waals surface area contributed by atoms with E-state index in [1.807, 2.05) is 0 Å². The van der Waals surface area contributed by atoms with Crippen LogP contribution in [0.1, 0.15) is 265 Å². The Morgan fingerprint density at radius 1 is 0.359 bits per heavy atom. The van der Waals surface area contributed by atoms with Crippen molar-refractivity contribution in [1.29, 1.82) is 0 Å². The monoisotopic (exact) mass is 893 g/mol. The van der Waals surface area contributed by atoms with Gasteiger partial charge in [-0.25, -0.2) is 0 Å². The van der Waals surface area contributed by atoms with Gasteiger partial charge in [0, 0.05) is 19.4 Å². The molecule has 64 heavy (non-hydrogen) atoms. The van der Waals surface area contributed by atoms with Crippen molar-refractivity contribution in [3.63, 3.8) is 0 Å². The van der Waals surface area contributed by atoms with Crippen LogP contribution >= 0.6 is 0 Å². The Morgan fingerprint density at radius 3 is 1.19 bits per heavy atom. The first-order chi connectivity index (χ1) is 31.6. The second kappa shape index (κ2) is 54.7. The van der Waals surface area contributed by atoms with Crippen molar-refractivity contribution in [3.05, 3.63) is 72.9 Å². The molecule has 0 aromatic rings. The summed E-state index contributed by atoms with van der Waals surface area (Å²) in [6.07, 6.45) is 70.6. The molecule has 0 aliphatic heterocycles. The summed E-state index contributed by atoms with van der Waals surface area (Å²) in [5.74, 6) is -0.422. The third-order valence-corrected chi connectivity index (χ3v) is 11.7. The third kappa shape index (κ3) is 52.0. The molecule has 0 saturated carbocycles. The molecule has 0 saturated heterocycles. The summed E-state index contributed by atoms with van der Waals surface area (Å²) in [5, 5.41) is 0. The molecule has 0 aliphatic carbocycles. The molecule has 0 aromatic carbocycles. The van der Waals surface area contributed by atoms with Gasteiger partial charge in [0.2, 0.25) is 0 Å². The number of hydrogen-bond donors (Lipinski definition) is 0. The van der Waals surface area contributed by atoms with Crippen LogP contribution in [0.15, 0.2) is 72.9 Å². The minimum absolute atomic E-state index is 0.0684. The van der Waals surface area contributed by atoms with E-state index in [4.69, 9.17) is 14.2 Å². The molecule has 5 heteroatoms. The summed E-state index contributed by atoms with van der Waals surface area (Å²) in [7, 11) is 0. The topological polar surface area (TPSA) is 61.8 Å². The lowest BCUT2D eigenvalue weighted by Crippen LogP contribution is -2.30. The van der Waals surface area contributed by atoms with E-state index in [1.54, 1.807) is 0 Å². The zero-order valence-corrected chi connectivity index (χ0v) is 42.5. The van der Waals surface area contributed by atoms with E-state index in [0.29, 0.717) is 19.4 Å². The molecule has 0 aliphatic rings. The molecule has 0 amide bonds. The van der Waals surface area contributed by atoms with Crippen molar-refractivity contribution in [1.82, 2.24) is 0 Å². The van der Waals surface area contributed by atoms with E-state index in [-0.39, 0.29) is 25.2 Å². The zero-order valence-electron chi connectivity index (χ0n) is 42.5. The number of rotatable bonds is 50. The lowest BCUT2D eigenvalue weighted by atomic mass is 10.0. The molecular formula is C59H104O5. The van der Waals surface area contributed by atoms with Gasteiger partial charge in [-0.15, -0.1) is 0 Å². The van der Waals surface area contributed by atoms with Gasteiger partial charge in [0.1, 0.15) is 6.61 Å². The molecule has 0 fully saturated rings. The van der Waals surface area contributed by atoms with Gasteiger partial charge in [-0.05, 0) is 83.5 Å². The Morgan fingerprint density at radius 2 is 0.734 bits per heavy atom. The second-order valence-corrected chi connectivity index (χ2v) is 18.1. The van der Waals surface area contributed by atoms with Gasteiger partial charge in [-0.1, -0.05) is 241 Å². The maximum absolute atomic E-state index is 12.8.